The van der Waals surface area contributed by atoms with E-state index in [9.17, 15) is 0 Å². The summed E-state index contributed by atoms with van der Waals surface area (Å²) >= 11 is 5.31. The van der Waals surface area contributed by atoms with E-state index in [-0.39, 0.29) is 0 Å². The van der Waals surface area contributed by atoms with Crippen LogP contribution in [0.4, 0.5) is 11.4 Å². The van der Waals surface area contributed by atoms with Crippen LogP contribution in [0.25, 0.3) is 0 Å². The number of nitrogens with one attached hydrogen (secondary N) is 2. The third-order valence-corrected chi connectivity index (χ3v) is 5.01. The maximum Gasteiger partial charge on any atom is 0.191 e. The summed E-state index contributed by atoms with van der Waals surface area (Å²) in [6, 6.07) is 14.8. The van der Waals surface area contributed by atoms with Crippen LogP contribution in [0, 0.1) is 0 Å². The number of hydrazone groups is 1. The summed E-state index contributed by atoms with van der Waals surface area (Å²) < 4.78 is 0. The minimum atomic E-state index is 0.488. The molecule has 0 fully saturated rings. The molecule has 1 heterocycles. The number of anilines is 2. The van der Waals surface area contributed by atoms with E-state index in [0.29, 0.717) is 5.11 Å². The molecule has 1 aliphatic rings. The Balaban J connectivity index is 1.56. The van der Waals surface area contributed by atoms with Gasteiger partial charge in [-0.25, -0.2) is 0 Å². The summed E-state index contributed by atoms with van der Waals surface area (Å²) in [5.41, 5.74) is 9.05. The average molecular weight is 381 g/mol. The molecule has 0 bridgehead atoms. The highest BCUT2D eigenvalue weighted by atomic mass is 32.1. The van der Waals surface area contributed by atoms with Crippen molar-refractivity contribution < 1.29 is 0 Å². The molecule has 0 atom stereocenters. The first-order chi connectivity index (χ1) is 13.2. The van der Waals surface area contributed by atoms with E-state index >= 15 is 0 Å². The molecule has 3 rings (SSSR count). The first-order valence-corrected chi connectivity index (χ1v) is 10.2. The zero-order valence-electron chi connectivity index (χ0n) is 16.2. The van der Waals surface area contributed by atoms with E-state index in [1.54, 1.807) is 0 Å². The first kappa shape index (κ1) is 19.4. The van der Waals surface area contributed by atoms with Gasteiger partial charge in [0, 0.05) is 24.5 Å². The van der Waals surface area contributed by atoms with Gasteiger partial charge in [0.25, 0.3) is 0 Å². The summed E-state index contributed by atoms with van der Waals surface area (Å²) in [5, 5.41) is 7.92. The smallest absolute Gasteiger partial charge is 0.191 e. The van der Waals surface area contributed by atoms with Gasteiger partial charge in [-0.15, -0.1) is 0 Å². The quantitative estimate of drug-likeness (QED) is 0.432. The van der Waals surface area contributed by atoms with Crippen molar-refractivity contribution in [1.82, 2.24) is 5.43 Å². The van der Waals surface area contributed by atoms with Crippen LogP contribution < -0.4 is 15.6 Å². The molecule has 27 heavy (non-hydrogen) atoms. The topological polar surface area (TPSA) is 39.7 Å². The van der Waals surface area contributed by atoms with Gasteiger partial charge in [-0.2, -0.15) is 5.10 Å². The minimum absolute atomic E-state index is 0.488. The molecule has 0 amide bonds. The normalized spacial score (nSPS) is 13.5. The standard InChI is InChI=1S/C22H28N4S/c1-3-13-26-14-5-6-19-15-18(9-12-21(19)26)16-23-25-22(27)24-20-10-7-17(4-2)8-11-20/h7-12,15-16H,3-6,13-14H2,1-2H3,(H2,24,25,27)/b23-16+. The van der Waals surface area contributed by atoms with E-state index in [2.05, 4.69) is 64.9 Å². The third kappa shape index (κ3) is 5.30. The number of benzene rings is 2. The average Bonchev–Trinajstić information content (AvgIpc) is 2.69. The number of nitrogens with zero attached hydrogens (tertiary/aromatic N) is 2. The second kappa shape index (κ2) is 9.51. The molecule has 5 heteroatoms. The van der Waals surface area contributed by atoms with Crippen molar-refractivity contribution in [1.29, 1.82) is 0 Å². The summed E-state index contributed by atoms with van der Waals surface area (Å²) in [6.07, 6.45) is 6.39. The van der Waals surface area contributed by atoms with Crippen molar-refractivity contribution in [2.75, 3.05) is 23.3 Å². The summed E-state index contributed by atoms with van der Waals surface area (Å²) in [7, 11) is 0. The SMILES string of the molecule is CCCN1CCCc2cc(/C=N/NC(=S)Nc3ccc(CC)cc3)ccc21. The zero-order chi connectivity index (χ0) is 19.1. The Labute approximate surface area is 167 Å². The Hall–Kier alpha value is -2.40. The molecular weight excluding hydrogens is 352 g/mol. The lowest BCUT2D eigenvalue weighted by Gasteiger charge is -2.31. The van der Waals surface area contributed by atoms with Gasteiger partial charge in [-0.3, -0.25) is 5.43 Å². The molecule has 0 saturated carbocycles. The summed E-state index contributed by atoms with van der Waals surface area (Å²) in [4.78, 5) is 2.49. The lowest BCUT2D eigenvalue weighted by atomic mass is 9.99. The molecule has 0 unspecified atom stereocenters. The molecule has 1 aliphatic heterocycles. The van der Waals surface area contributed by atoms with Gasteiger partial charge in [0.15, 0.2) is 5.11 Å². The van der Waals surface area contributed by atoms with E-state index in [1.165, 1.54) is 29.7 Å². The van der Waals surface area contributed by atoms with Gasteiger partial charge in [0.2, 0.25) is 0 Å². The molecule has 0 radical (unpaired) electrons. The number of rotatable bonds is 6. The second-order valence-corrected chi connectivity index (χ2v) is 7.26. The Morgan fingerprint density at radius 1 is 1.19 bits per heavy atom. The van der Waals surface area contributed by atoms with Crippen LogP contribution in [-0.4, -0.2) is 24.4 Å². The third-order valence-electron chi connectivity index (χ3n) is 4.81. The second-order valence-electron chi connectivity index (χ2n) is 6.85. The Morgan fingerprint density at radius 3 is 2.74 bits per heavy atom. The van der Waals surface area contributed by atoms with Crippen LogP contribution in [0.5, 0.6) is 0 Å². The summed E-state index contributed by atoms with van der Waals surface area (Å²) in [6.45, 7) is 6.66. The van der Waals surface area contributed by atoms with Gasteiger partial charge in [-0.1, -0.05) is 32.0 Å². The van der Waals surface area contributed by atoms with E-state index in [4.69, 9.17) is 12.2 Å². The van der Waals surface area contributed by atoms with Crippen molar-refractivity contribution in [3.05, 3.63) is 59.2 Å². The van der Waals surface area contributed by atoms with Gasteiger partial charge < -0.3 is 10.2 Å². The lowest BCUT2D eigenvalue weighted by molar-refractivity contribution is 0.681. The Morgan fingerprint density at radius 2 is 2.00 bits per heavy atom. The fraction of sp³-hybridized carbons (Fsp3) is 0.364. The maximum atomic E-state index is 5.31. The Kier molecular flexibility index (Phi) is 6.82. The first-order valence-electron chi connectivity index (χ1n) is 9.76. The molecule has 0 aliphatic carbocycles. The summed E-state index contributed by atoms with van der Waals surface area (Å²) in [5.74, 6) is 0. The van der Waals surface area contributed by atoms with Crippen molar-refractivity contribution >= 4 is 34.9 Å². The van der Waals surface area contributed by atoms with Crippen LogP contribution in [0.3, 0.4) is 0 Å². The predicted molar refractivity (Wildman–Crippen MR) is 120 cm³/mol. The molecule has 142 valence electrons. The van der Waals surface area contributed by atoms with E-state index in [1.807, 2.05) is 18.3 Å². The number of fused-ring (bicyclic) bond motifs is 1. The van der Waals surface area contributed by atoms with Crippen molar-refractivity contribution in [3.63, 3.8) is 0 Å². The molecule has 4 nitrogen and oxygen atoms in total. The van der Waals surface area contributed by atoms with Crippen molar-refractivity contribution in [2.45, 2.75) is 39.5 Å². The molecule has 0 aromatic heterocycles. The zero-order valence-corrected chi connectivity index (χ0v) is 17.0. The Bertz CT molecular complexity index is 798. The molecule has 2 aromatic rings. The van der Waals surface area contributed by atoms with Crippen LogP contribution in [0.1, 0.15) is 43.4 Å². The number of hydrogen-bond donors (Lipinski definition) is 2. The van der Waals surface area contributed by atoms with Crippen LogP contribution in [-0.2, 0) is 12.8 Å². The largest absolute Gasteiger partial charge is 0.371 e. The van der Waals surface area contributed by atoms with Gasteiger partial charge in [0.05, 0.1) is 6.21 Å². The lowest BCUT2D eigenvalue weighted by Crippen LogP contribution is -2.30. The van der Waals surface area contributed by atoms with Crippen LogP contribution in [0.2, 0.25) is 0 Å². The molecule has 2 N–H and O–H groups in total. The van der Waals surface area contributed by atoms with E-state index < -0.39 is 0 Å². The molecule has 0 saturated heterocycles. The van der Waals surface area contributed by atoms with Gasteiger partial charge in [-0.05, 0) is 78.9 Å². The van der Waals surface area contributed by atoms with Gasteiger partial charge in [0.1, 0.15) is 0 Å². The van der Waals surface area contributed by atoms with Crippen molar-refractivity contribution in [2.24, 2.45) is 5.10 Å². The van der Waals surface area contributed by atoms with Crippen molar-refractivity contribution in [3.8, 4) is 0 Å². The number of thiocarbonyl (C=S) groups is 1. The fourth-order valence-corrected chi connectivity index (χ4v) is 3.60. The van der Waals surface area contributed by atoms with Crippen LogP contribution in [0.15, 0.2) is 47.6 Å². The van der Waals surface area contributed by atoms with Crippen LogP contribution >= 0.6 is 12.2 Å². The number of hydrogen-bond acceptors (Lipinski definition) is 3. The maximum absolute atomic E-state index is 5.31. The highest BCUT2D eigenvalue weighted by molar-refractivity contribution is 7.80. The molecule has 2 aromatic carbocycles. The molecule has 0 spiro atoms. The monoisotopic (exact) mass is 380 g/mol. The highest BCUT2D eigenvalue weighted by Crippen LogP contribution is 2.27. The fourth-order valence-electron chi connectivity index (χ4n) is 3.43. The molecular formula is C22H28N4S. The number of aryl methyl sites for hydroxylation is 2. The van der Waals surface area contributed by atoms with Gasteiger partial charge >= 0.3 is 0 Å². The highest BCUT2D eigenvalue weighted by Gasteiger charge is 2.15. The predicted octanol–water partition coefficient (Wildman–Crippen LogP) is 4.73. The minimum Gasteiger partial charge on any atom is -0.371 e. The van der Waals surface area contributed by atoms with E-state index in [0.717, 1.165) is 37.2 Å².